The van der Waals surface area contributed by atoms with Crippen LogP contribution in [0.4, 0.5) is 5.69 Å². The first-order valence-corrected chi connectivity index (χ1v) is 12.9. The lowest BCUT2D eigenvalue weighted by atomic mass is 9.94. The summed E-state index contributed by atoms with van der Waals surface area (Å²) in [7, 11) is -3.54. The second-order valence-electron chi connectivity index (χ2n) is 8.33. The smallest absolute Gasteiger partial charge is 0.243 e. The standard InChI is InChI=1S/C22H26N4O4S2/c1-15-12-16(2)14-26(13-15)32(28,29)18-7-5-17(6-8-18)23-20(27)9-10-21-24-22(25-30-21)19-4-3-11-31-19/h3-8,11,15-16H,9-10,12-14H2,1-2H3,(H,23,27). The maximum Gasteiger partial charge on any atom is 0.243 e. The fourth-order valence-electron chi connectivity index (χ4n) is 3.97. The van der Waals surface area contributed by atoms with Crippen molar-refractivity contribution in [3.8, 4) is 10.7 Å². The summed E-state index contributed by atoms with van der Waals surface area (Å²) < 4.78 is 32.7. The number of sulfonamides is 1. The van der Waals surface area contributed by atoms with Crippen LogP contribution in [0.25, 0.3) is 10.7 Å². The van der Waals surface area contributed by atoms with Gasteiger partial charge in [-0.1, -0.05) is 25.1 Å². The molecule has 0 saturated carbocycles. The van der Waals surface area contributed by atoms with Crippen molar-refractivity contribution in [2.24, 2.45) is 11.8 Å². The van der Waals surface area contributed by atoms with Crippen LogP contribution in [0.1, 0.15) is 32.6 Å². The lowest BCUT2D eigenvalue weighted by Crippen LogP contribution is -2.42. The number of carbonyl (C=O) groups excluding carboxylic acids is 1. The number of nitrogens with one attached hydrogen (secondary N) is 1. The van der Waals surface area contributed by atoms with Gasteiger partial charge in [0, 0.05) is 31.6 Å². The van der Waals surface area contributed by atoms with Crippen molar-refractivity contribution < 1.29 is 17.7 Å². The van der Waals surface area contributed by atoms with E-state index in [4.69, 9.17) is 4.52 Å². The van der Waals surface area contributed by atoms with Gasteiger partial charge in [-0.15, -0.1) is 11.3 Å². The van der Waals surface area contributed by atoms with Crippen LogP contribution >= 0.6 is 11.3 Å². The average molecular weight is 475 g/mol. The van der Waals surface area contributed by atoms with Crippen molar-refractivity contribution in [1.82, 2.24) is 14.4 Å². The molecule has 2 aromatic heterocycles. The molecule has 0 aliphatic carbocycles. The molecule has 2 atom stereocenters. The van der Waals surface area contributed by atoms with Crippen molar-refractivity contribution in [2.75, 3.05) is 18.4 Å². The zero-order valence-electron chi connectivity index (χ0n) is 18.0. The monoisotopic (exact) mass is 474 g/mol. The number of piperidine rings is 1. The molecule has 1 saturated heterocycles. The number of carbonyl (C=O) groups is 1. The minimum absolute atomic E-state index is 0.176. The SMILES string of the molecule is CC1CC(C)CN(S(=O)(=O)c2ccc(NC(=O)CCc3nc(-c4cccs4)no3)cc2)C1. The highest BCUT2D eigenvalue weighted by molar-refractivity contribution is 7.89. The molecule has 3 aromatic rings. The number of thiophene rings is 1. The third kappa shape index (κ3) is 5.25. The summed E-state index contributed by atoms with van der Waals surface area (Å²) in [5.41, 5.74) is 0.541. The van der Waals surface area contributed by atoms with Crippen LogP contribution in [0.15, 0.2) is 51.2 Å². The van der Waals surface area contributed by atoms with E-state index in [0.717, 1.165) is 11.3 Å². The largest absolute Gasteiger partial charge is 0.339 e. The molecule has 4 rings (SSSR count). The maximum atomic E-state index is 13.0. The highest BCUT2D eigenvalue weighted by Gasteiger charge is 2.31. The summed E-state index contributed by atoms with van der Waals surface area (Å²) in [6.07, 6.45) is 1.54. The molecule has 8 nitrogen and oxygen atoms in total. The topological polar surface area (TPSA) is 105 Å². The van der Waals surface area contributed by atoms with Gasteiger partial charge < -0.3 is 9.84 Å². The Bertz CT molecular complexity index is 1150. The summed E-state index contributed by atoms with van der Waals surface area (Å²) in [5, 5.41) is 8.65. The number of aryl methyl sites for hydroxylation is 1. The molecule has 2 unspecified atom stereocenters. The molecule has 0 bridgehead atoms. The van der Waals surface area contributed by atoms with Crippen molar-refractivity contribution >= 4 is 33.0 Å². The number of hydrogen-bond donors (Lipinski definition) is 1. The minimum Gasteiger partial charge on any atom is -0.339 e. The van der Waals surface area contributed by atoms with E-state index in [0.29, 0.717) is 48.7 Å². The molecule has 170 valence electrons. The summed E-state index contributed by atoms with van der Waals surface area (Å²) in [4.78, 5) is 17.8. The Kier molecular flexibility index (Phi) is 6.73. The Labute approximate surface area is 191 Å². The van der Waals surface area contributed by atoms with Crippen LogP contribution in [0, 0.1) is 11.8 Å². The summed E-state index contributed by atoms with van der Waals surface area (Å²) in [6.45, 7) is 5.23. The number of benzene rings is 1. The van der Waals surface area contributed by atoms with Crippen LogP contribution in [0.2, 0.25) is 0 Å². The second-order valence-corrected chi connectivity index (χ2v) is 11.2. The van der Waals surface area contributed by atoms with Gasteiger partial charge >= 0.3 is 0 Å². The van der Waals surface area contributed by atoms with E-state index in [1.165, 1.54) is 11.3 Å². The predicted molar refractivity (Wildman–Crippen MR) is 123 cm³/mol. The molecule has 1 aliphatic rings. The van der Waals surface area contributed by atoms with Gasteiger partial charge in [0.1, 0.15) is 0 Å². The number of amides is 1. The quantitative estimate of drug-likeness (QED) is 0.554. The highest BCUT2D eigenvalue weighted by Crippen LogP contribution is 2.27. The van der Waals surface area contributed by atoms with E-state index in [2.05, 4.69) is 29.3 Å². The third-order valence-electron chi connectivity index (χ3n) is 5.39. The van der Waals surface area contributed by atoms with Crippen molar-refractivity contribution in [2.45, 2.75) is 38.0 Å². The van der Waals surface area contributed by atoms with Crippen LogP contribution in [-0.4, -0.2) is 41.9 Å². The number of nitrogens with zero attached hydrogens (tertiary/aromatic N) is 3. The Balaban J connectivity index is 1.33. The van der Waals surface area contributed by atoms with E-state index in [1.807, 2.05) is 17.5 Å². The molecule has 0 radical (unpaired) electrons. The molecule has 1 N–H and O–H groups in total. The molecule has 1 aromatic carbocycles. The molecule has 0 spiro atoms. The number of hydrogen-bond acceptors (Lipinski definition) is 7. The first-order chi connectivity index (χ1) is 15.3. The Hall–Kier alpha value is -2.56. The Morgan fingerprint density at radius 2 is 1.91 bits per heavy atom. The molecule has 1 amide bonds. The zero-order chi connectivity index (χ0) is 22.7. The van der Waals surface area contributed by atoms with E-state index >= 15 is 0 Å². The van der Waals surface area contributed by atoms with Crippen molar-refractivity contribution in [3.05, 3.63) is 47.7 Å². The van der Waals surface area contributed by atoms with Gasteiger partial charge in [0.25, 0.3) is 0 Å². The molecule has 1 fully saturated rings. The average Bonchev–Trinajstić information content (AvgIpc) is 3.44. The summed E-state index contributed by atoms with van der Waals surface area (Å²) in [5.74, 6) is 1.38. The Morgan fingerprint density at radius 1 is 1.19 bits per heavy atom. The van der Waals surface area contributed by atoms with Gasteiger partial charge in [0.15, 0.2) is 0 Å². The van der Waals surface area contributed by atoms with E-state index < -0.39 is 10.0 Å². The van der Waals surface area contributed by atoms with E-state index in [1.54, 1.807) is 28.6 Å². The zero-order valence-corrected chi connectivity index (χ0v) is 19.7. The maximum absolute atomic E-state index is 13.0. The van der Waals surface area contributed by atoms with Crippen LogP contribution < -0.4 is 5.32 Å². The van der Waals surface area contributed by atoms with Crippen LogP contribution in [-0.2, 0) is 21.2 Å². The van der Waals surface area contributed by atoms with Gasteiger partial charge in [0.2, 0.25) is 27.6 Å². The van der Waals surface area contributed by atoms with Crippen molar-refractivity contribution in [1.29, 1.82) is 0 Å². The van der Waals surface area contributed by atoms with Crippen molar-refractivity contribution in [3.63, 3.8) is 0 Å². The Morgan fingerprint density at radius 3 is 2.56 bits per heavy atom. The molecular formula is C22H26N4O4S2. The molecule has 3 heterocycles. The van der Waals surface area contributed by atoms with E-state index in [-0.39, 0.29) is 17.2 Å². The fourth-order valence-corrected chi connectivity index (χ4v) is 6.30. The summed E-state index contributed by atoms with van der Waals surface area (Å²) in [6, 6.07) is 10.1. The lowest BCUT2D eigenvalue weighted by Gasteiger charge is -2.34. The van der Waals surface area contributed by atoms with E-state index in [9.17, 15) is 13.2 Å². The van der Waals surface area contributed by atoms with Gasteiger partial charge in [-0.05, 0) is 54.0 Å². The fraction of sp³-hybridized carbons (Fsp3) is 0.409. The first-order valence-electron chi connectivity index (χ1n) is 10.6. The third-order valence-corrected chi connectivity index (χ3v) is 8.10. The van der Waals surface area contributed by atoms with Crippen LogP contribution in [0.3, 0.4) is 0 Å². The first kappa shape index (κ1) is 22.6. The normalized spacial score (nSPS) is 19.7. The van der Waals surface area contributed by atoms with Gasteiger partial charge in [-0.2, -0.15) is 9.29 Å². The molecule has 10 heteroatoms. The molecule has 1 aliphatic heterocycles. The van der Waals surface area contributed by atoms with Gasteiger partial charge in [-0.3, -0.25) is 4.79 Å². The second kappa shape index (κ2) is 9.51. The molecular weight excluding hydrogens is 448 g/mol. The number of rotatable bonds is 7. The van der Waals surface area contributed by atoms with Gasteiger partial charge in [0.05, 0.1) is 9.77 Å². The molecule has 32 heavy (non-hydrogen) atoms. The van der Waals surface area contributed by atoms with Crippen LogP contribution in [0.5, 0.6) is 0 Å². The number of anilines is 1. The minimum atomic E-state index is -3.54. The predicted octanol–water partition coefficient (Wildman–Crippen LogP) is 4.04. The lowest BCUT2D eigenvalue weighted by molar-refractivity contribution is -0.116. The summed E-state index contributed by atoms with van der Waals surface area (Å²) >= 11 is 1.52. The number of aromatic nitrogens is 2. The highest BCUT2D eigenvalue weighted by atomic mass is 32.2. The van der Waals surface area contributed by atoms with Gasteiger partial charge in [-0.25, -0.2) is 8.42 Å².